The lowest BCUT2D eigenvalue weighted by Crippen LogP contribution is -2.44. The topological polar surface area (TPSA) is 20.3 Å². The summed E-state index contributed by atoms with van der Waals surface area (Å²) in [5, 5.41) is 0.492. The van der Waals surface area contributed by atoms with Gasteiger partial charge in [-0.15, -0.1) is 11.8 Å². The first-order chi connectivity index (χ1) is 11.8. The Labute approximate surface area is 149 Å². The number of benzene rings is 2. The van der Waals surface area contributed by atoms with Gasteiger partial charge in [-0.25, -0.2) is 0 Å². The molecule has 0 heterocycles. The number of carbonyl (C=O) groups is 1. The van der Waals surface area contributed by atoms with E-state index in [-0.39, 0.29) is 5.91 Å². The van der Waals surface area contributed by atoms with Gasteiger partial charge in [-0.1, -0.05) is 49.7 Å². The maximum Gasteiger partial charge on any atom is 0.254 e. The van der Waals surface area contributed by atoms with E-state index in [1.54, 1.807) is 0 Å². The summed E-state index contributed by atoms with van der Waals surface area (Å²) in [6.07, 6.45) is 4.50. The molecule has 2 aromatic carbocycles. The fraction of sp³-hybridized carbons (Fsp3) is 0.381. The maximum absolute atomic E-state index is 13.0. The molecule has 0 bridgehead atoms. The summed E-state index contributed by atoms with van der Waals surface area (Å²) in [6.45, 7) is 2.99. The van der Waals surface area contributed by atoms with Crippen molar-refractivity contribution < 1.29 is 4.79 Å². The molecule has 0 N–H and O–H groups in total. The summed E-state index contributed by atoms with van der Waals surface area (Å²) < 4.78 is 0. The Morgan fingerprint density at radius 1 is 1.04 bits per heavy atom. The van der Waals surface area contributed by atoms with E-state index in [0.29, 0.717) is 11.3 Å². The minimum atomic E-state index is 0.183. The Balaban J connectivity index is 1.78. The molecule has 2 atom stereocenters. The number of nitrogens with zero attached hydrogens (tertiary/aromatic N) is 1. The zero-order valence-electron chi connectivity index (χ0n) is 14.2. The van der Waals surface area contributed by atoms with E-state index in [9.17, 15) is 4.79 Å². The van der Waals surface area contributed by atoms with Crippen LogP contribution >= 0.6 is 11.8 Å². The van der Waals surface area contributed by atoms with E-state index in [1.165, 1.54) is 17.7 Å². The van der Waals surface area contributed by atoms with Crippen molar-refractivity contribution in [2.24, 2.45) is 0 Å². The Hall–Kier alpha value is -1.74. The molecule has 2 nitrogen and oxygen atoms in total. The third kappa shape index (κ3) is 4.02. The van der Waals surface area contributed by atoms with Crippen LogP contribution in [0.2, 0.25) is 0 Å². The number of thioether (sulfide) groups is 1. The average molecular weight is 340 g/mol. The van der Waals surface area contributed by atoms with Gasteiger partial charge in [0.1, 0.15) is 0 Å². The van der Waals surface area contributed by atoms with E-state index in [0.717, 1.165) is 24.9 Å². The van der Waals surface area contributed by atoms with Gasteiger partial charge in [0.2, 0.25) is 0 Å². The Morgan fingerprint density at radius 2 is 1.71 bits per heavy atom. The van der Waals surface area contributed by atoms with E-state index in [4.69, 9.17) is 0 Å². The second-order valence-electron chi connectivity index (χ2n) is 6.33. The first kappa shape index (κ1) is 17.1. The molecule has 3 rings (SSSR count). The predicted molar refractivity (Wildman–Crippen MR) is 101 cm³/mol. The largest absolute Gasteiger partial charge is 0.335 e. The van der Waals surface area contributed by atoms with E-state index in [2.05, 4.69) is 42.2 Å². The highest BCUT2D eigenvalue weighted by Gasteiger charge is 2.35. The average Bonchev–Trinajstić information content (AvgIpc) is 3.08. The van der Waals surface area contributed by atoms with Crippen LogP contribution in [-0.2, 0) is 0 Å². The number of carbonyl (C=O) groups excluding carboxylic acids is 1. The molecule has 2 unspecified atom stereocenters. The van der Waals surface area contributed by atoms with Crippen LogP contribution in [0.5, 0.6) is 0 Å². The molecule has 3 heteroatoms. The van der Waals surface area contributed by atoms with Crippen molar-refractivity contribution in [2.45, 2.75) is 48.8 Å². The first-order valence-electron chi connectivity index (χ1n) is 8.87. The molecular formula is C21H25NOS. The molecule has 1 amide bonds. The van der Waals surface area contributed by atoms with Crippen molar-refractivity contribution >= 4 is 17.7 Å². The molecule has 1 saturated carbocycles. The molecule has 1 aliphatic rings. The Bertz CT molecular complexity index is 643. The van der Waals surface area contributed by atoms with Crippen LogP contribution in [-0.4, -0.2) is 28.6 Å². The quantitative estimate of drug-likeness (QED) is 0.716. The summed E-state index contributed by atoms with van der Waals surface area (Å²) in [4.78, 5) is 16.5. The summed E-state index contributed by atoms with van der Waals surface area (Å²) in [5.41, 5.74) is 0.807. The van der Waals surface area contributed by atoms with Crippen molar-refractivity contribution in [1.82, 2.24) is 4.90 Å². The van der Waals surface area contributed by atoms with Gasteiger partial charge in [0.25, 0.3) is 5.91 Å². The fourth-order valence-electron chi connectivity index (χ4n) is 3.48. The van der Waals surface area contributed by atoms with E-state index < -0.39 is 0 Å². The smallest absolute Gasteiger partial charge is 0.254 e. The van der Waals surface area contributed by atoms with Crippen molar-refractivity contribution in [1.29, 1.82) is 0 Å². The highest BCUT2D eigenvalue weighted by Crippen LogP contribution is 2.38. The van der Waals surface area contributed by atoms with Crippen LogP contribution in [0.25, 0.3) is 0 Å². The van der Waals surface area contributed by atoms with Crippen LogP contribution in [0.4, 0.5) is 0 Å². The van der Waals surface area contributed by atoms with Crippen molar-refractivity contribution in [2.75, 3.05) is 6.54 Å². The fourth-order valence-corrected chi connectivity index (χ4v) is 4.87. The van der Waals surface area contributed by atoms with Gasteiger partial charge in [0, 0.05) is 28.3 Å². The molecule has 0 saturated heterocycles. The lowest BCUT2D eigenvalue weighted by molar-refractivity contribution is 0.0685. The third-order valence-corrected chi connectivity index (χ3v) is 5.99. The van der Waals surface area contributed by atoms with Gasteiger partial charge >= 0.3 is 0 Å². The zero-order chi connectivity index (χ0) is 16.8. The molecule has 2 aromatic rings. The zero-order valence-corrected chi connectivity index (χ0v) is 15.0. The second kappa shape index (κ2) is 8.39. The standard InChI is InChI=1S/C21H25NOS/c1-2-16-22(21(23)17-10-5-3-6-11-17)19-14-9-15-20(19)24-18-12-7-4-8-13-18/h3-8,10-13,19-20H,2,9,14-16H2,1H3. The number of hydrogen-bond donors (Lipinski definition) is 0. The molecular weight excluding hydrogens is 314 g/mol. The lowest BCUT2D eigenvalue weighted by atomic mass is 10.1. The number of rotatable bonds is 6. The third-order valence-electron chi connectivity index (χ3n) is 4.59. The summed E-state index contributed by atoms with van der Waals surface area (Å²) >= 11 is 1.93. The van der Waals surface area contributed by atoms with Crippen LogP contribution in [0.15, 0.2) is 65.6 Å². The van der Waals surface area contributed by atoms with Gasteiger partial charge in [0.15, 0.2) is 0 Å². The van der Waals surface area contributed by atoms with Crippen LogP contribution in [0.3, 0.4) is 0 Å². The van der Waals surface area contributed by atoms with Crippen molar-refractivity contribution in [3.63, 3.8) is 0 Å². The highest BCUT2D eigenvalue weighted by molar-refractivity contribution is 8.00. The van der Waals surface area contributed by atoms with Gasteiger partial charge in [-0.2, -0.15) is 0 Å². The minimum absolute atomic E-state index is 0.183. The summed E-state index contributed by atoms with van der Waals surface area (Å²) in [5.74, 6) is 0.183. The van der Waals surface area contributed by atoms with Crippen molar-refractivity contribution in [3.8, 4) is 0 Å². The number of amides is 1. The minimum Gasteiger partial charge on any atom is -0.335 e. The van der Waals surface area contributed by atoms with Crippen LogP contribution in [0, 0.1) is 0 Å². The number of hydrogen-bond acceptors (Lipinski definition) is 2. The molecule has 0 aliphatic heterocycles. The molecule has 126 valence electrons. The first-order valence-corrected chi connectivity index (χ1v) is 9.75. The molecule has 1 fully saturated rings. The van der Waals surface area contributed by atoms with Gasteiger partial charge < -0.3 is 4.90 Å². The SMILES string of the molecule is CCCN(C(=O)c1ccccc1)C1CCCC1Sc1ccccc1. The molecule has 0 spiro atoms. The van der Waals surface area contributed by atoms with Crippen LogP contribution < -0.4 is 0 Å². The van der Waals surface area contributed by atoms with E-state index >= 15 is 0 Å². The monoisotopic (exact) mass is 339 g/mol. The van der Waals surface area contributed by atoms with E-state index in [1.807, 2.05) is 42.1 Å². The molecule has 24 heavy (non-hydrogen) atoms. The summed E-state index contributed by atoms with van der Waals surface area (Å²) in [7, 11) is 0. The molecule has 0 radical (unpaired) electrons. The van der Waals surface area contributed by atoms with Gasteiger partial charge in [-0.3, -0.25) is 4.79 Å². The van der Waals surface area contributed by atoms with Gasteiger partial charge in [0.05, 0.1) is 0 Å². The molecule has 1 aliphatic carbocycles. The predicted octanol–water partition coefficient (Wildman–Crippen LogP) is 5.25. The highest BCUT2D eigenvalue weighted by atomic mass is 32.2. The van der Waals surface area contributed by atoms with Crippen molar-refractivity contribution in [3.05, 3.63) is 66.2 Å². The lowest BCUT2D eigenvalue weighted by Gasteiger charge is -2.33. The van der Waals surface area contributed by atoms with Gasteiger partial charge in [-0.05, 0) is 43.5 Å². The second-order valence-corrected chi connectivity index (χ2v) is 7.64. The summed E-state index contributed by atoms with van der Waals surface area (Å²) in [6, 6.07) is 20.6. The molecule has 0 aromatic heterocycles. The Morgan fingerprint density at radius 3 is 2.38 bits per heavy atom. The normalized spacial score (nSPS) is 20.0. The van der Waals surface area contributed by atoms with Crippen LogP contribution in [0.1, 0.15) is 43.0 Å². The maximum atomic E-state index is 13.0. The Kier molecular flexibility index (Phi) is 5.97.